The number of fused-ring (bicyclic) bond motifs is 1. The van der Waals surface area contributed by atoms with E-state index in [0.29, 0.717) is 11.2 Å². The van der Waals surface area contributed by atoms with Crippen molar-refractivity contribution in [3.05, 3.63) is 67.3 Å². The predicted molar refractivity (Wildman–Crippen MR) is 116 cm³/mol. The van der Waals surface area contributed by atoms with Gasteiger partial charge in [-0.05, 0) is 23.3 Å². The number of hydrogen-bond donors (Lipinski definition) is 4. The van der Waals surface area contributed by atoms with Crippen LogP contribution in [0.15, 0.2) is 67.3 Å². The van der Waals surface area contributed by atoms with E-state index in [1.165, 1.54) is 6.33 Å². The number of imidazole rings is 1. The van der Waals surface area contributed by atoms with Gasteiger partial charge < -0.3 is 26.0 Å². The van der Waals surface area contributed by atoms with Gasteiger partial charge in [0, 0.05) is 12.1 Å². The highest BCUT2D eigenvalue weighted by Crippen LogP contribution is 2.38. The number of anilines is 2. The Kier molecular flexibility index (Phi) is 4.78. The van der Waals surface area contributed by atoms with Crippen LogP contribution in [-0.4, -0.2) is 48.5 Å². The van der Waals surface area contributed by atoms with Crippen molar-refractivity contribution >= 4 is 22.7 Å². The van der Waals surface area contributed by atoms with Crippen LogP contribution in [-0.2, 0) is 10.6 Å². The Bertz CT molecular complexity index is 1200. The number of nitrogen functional groups attached to an aromatic ring is 1. The van der Waals surface area contributed by atoms with Gasteiger partial charge >= 0.3 is 0 Å². The minimum atomic E-state index is -1.21. The minimum Gasteiger partial charge on any atom is -0.394 e. The minimum absolute atomic E-state index is 0.175. The molecule has 158 valence electrons. The lowest BCUT2D eigenvalue weighted by Crippen LogP contribution is -2.42. The van der Waals surface area contributed by atoms with Crippen molar-refractivity contribution in [2.45, 2.75) is 24.5 Å². The summed E-state index contributed by atoms with van der Waals surface area (Å²) >= 11 is 0. The molecular formula is C22H22N6O3. The number of nitrogens with one attached hydrogen (secondary N) is 1. The van der Waals surface area contributed by atoms with Gasteiger partial charge in [-0.3, -0.25) is 4.57 Å². The molecule has 1 fully saturated rings. The number of hydrogen-bond acceptors (Lipinski definition) is 8. The number of aliphatic hydroxyl groups is 2. The Morgan fingerprint density at radius 3 is 2.52 bits per heavy atom. The molecule has 0 radical (unpaired) electrons. The highest BCUT2D eigenvalue weighted by Gasteiger charge is 2.48. The number of rotatable bonds is 5. The van der Waals surface area contributed by atoms with Crippen molar-refractivity contribution in [3.8, 4) is 11.1 Å². The lowest BCUT2D eigenvalue weighted by Gasteiger charge is -2.32. The van der Waals surface area contributed by atoms with Crippen LogP contribution in [0.25, 0.3) is 22.3 Å². The Morgan fingerprint density at radius 1 is 1.06 bits per heavy atom. The second-order valence-electron chi connectivity index (χ2n) is 7.51. The SMILES string of the molecule is Nc1ncnc2c1ncn2[C@@]1(Nc2ccc(-c3ccccc3)cc2)C[C@H](O)[C@@H](CO)O1. The molecular weight excluding hydrogens is 396 g/mol. The molecule has 2 aromatic heterocycles. The van der Waals surface area contributed by atoms with Crippen LogP contribution >= 0.6 is 0 Å². The highest BCUT2D eigenvalue weighted by molar-refractivity contribution is 5.81. The van der Waals surface area contributed by atoms with Crippen molar-refractivity contribution in [2.24, 2.45) is 0 Å². The van der Waals surface area contributed by atoms with Crippen molar-refractivity contribution in [1.82, 2.24) is 19.5 Å². The maximum absolute atomic E-state index is 10.5. The number of nitrogens with two attached hydrogens (primary N) is 1. The third-order valence-electron chi connectivity index (χ3n) is 5.52. The average Bonchev–Trinajstić information content (AvgIpc) is 3.37. The van der Waals surface area contributed by atoms with Gasteiger partial charge in [0.25, 0.3) is 0 Å². The Morgan fingerprint density at radius 2 is 1.81 bits per heavy atom. The van der Waals surface area contributed by atoms with Gasteiger partial charge in [-0.1, -0.05) is 42.5 Å². The topological polar surface area (TPSA) is 131 Å². The van der Waals surface area contributed by atoms with Crippen molar-refractivity contribution in [3.63, 3.8) is 0 Å². The van der Waals surface area contributed by atoms with E-state index < -0.39 is 18.1 Å². The molecule has 0 bridgehead atoms. The van der Waals surface area contributed by atoms with Gasteiger partial charge in [0.05, 0.1) is 12.7 Å². The summed E-state index contributed by atoms with van der Waals surface area (Å²) in [7, 11) is 0. The fraction of sp³-hybridized carbons (Fsp3) is 0.227. The Hall–Kier alpha value is -3.53. The van der Waals surface area contributed by atoms with Gasteiger partial charge in [-0.2, -0.15) is 0 Å². The van der Waals surface area contributed by atoms with E-state index in [-0.39, 0.29) is 18.8 Å². The first-order chi connectivity index (χ1) is 15.1. The molecule has 5 rings (SSSR count). The summed E-state index contributed by atoms with van der Waals surface area (Å²) in [5.41, 5.74) is 9.81. The summed E-state index contributed by atoms with van der Waals surface area (Å²) in [6.45, 7) is -0.318. The zero-order valence-corrected chi connectivity index (χ0v) is 16.6. The van der Waals surface area contributed by atoms with E-state index in [0.717, 1.165) is 16.8 Å². The largest absolute Gasteiger partial charge is 0.394 e. The van der Waals surface area contributed by atoms with Crippen LogP contribution in [0.4, 0.5) is 11.5 Å². The molecule has 2 aromatic carbocycles. The number of ether oxygens (including phenoxy) is 1. The van der Waals surface area contributed by atoms with Crippen molar-refractivity contribution < 1.29 is 14.9 Å². The zero-order valence-electron chi connectivity index (χ0n) is 16.6. The van der Waals surface area contributed by atoms with E-state index in [1.807, 2.05) is 54.6 Å². The molecule has 1 saturated heterocycles. The van der Waals surface area contributed by atoms with E-state index >= 15 is 0 Å². The zero-order chi connectivity index (χ0) is 21.4. The number of benzene rings is 2. The maximum Gasteiger partial charge on any atom is 0.228 e. The van der Waals surface area contributed by atoms with Gasteiger partial charge in [0.1, 0.15) is 24.3 Å². The third kappa shape index (κ3) is 3.38. The number of aromatic nitrogens is 4. The molecule has 1 aliphatic heterocycles. The van der Waals surface area contributed by atoms with E-state index in [1.54, 1.807) is 10.9 Å². The first-order valence-corrected chi connectivity index (χ1v) is 9.94. The maximum atomic E-state index is 10.5. The molecule has 31 heavy (non-hydrogen) atoms. The van der Waals surface area contributed by atoms with Crippen molar-refractivity contribution in [2.75, 3.05) is 17.7 Å². The van der Waals surface area contributed by atoms with Crippen LogP contribution in [0.3, 0.4) is 0 Å². The smallest absolute Gasteiger partial charge is 0.228 e. The first kappa shape index (κ1) is 19.4. The molecule has 5 N–H and O–H groups in total. The summed E-state index contributed by atoms with van der Waals surface area (Å²) in [6, 6.07) is 18.0. The molecule has 0 aliphatic carbocycles. The quantitative estimate of drug-likeness (QED) is 0.387. The lowest BCUT2D eigenvalue weighted by atomic mass is 10.1. The van der Waals surface area contributed by atoms with Crippen LogP contribution < -0.4 is 11.1 Å². The summed E-state index contributed by atoms with van der Waals surface area (Å²) < 4.78 is 7.82. The van der Waals surface area contributed by atoms with E-state index in [9.17, 15) is 10.2 Å². The second-order valence-corrected chi connectivity index (χ2v) is 7.51. The van der Waals surface area contributed by atoms with Crippen LogP contribution in [0.1, 0.15) is 6.42 Å². The standard InChI is InChI=1S/C22H22N6O3/c23-20-19-21(25-12-24-20)28(13-26-19)22(10-17(30)18(11-29)31-22)27-16-8-6-15(7-9-16)14-4-2-1-3-5-14/h1-9,12-13,17-18,27,29-30H,10-11H2,(H2,23,24,25)/t17-,18+,22-/m0/s1. The molecule has 0 spiro atoms. The van der Waals surface area contributed by atoms with E-state index in [2.05, 4.69) is 20.3 Å². The van der Waals surface area contributed by atoms with Gasteiger partial charge in [-0.15, -0.1) is 0 Å². The van der Waals surface area contributed by atoms with Gasteiger partial charge in [-0.25, -0.2) is 15.0 Å². The molecule has 0 unspecified atom stereocenters. The Balaban J connectivity index is 1.54. The van der Waals surface area contributed by atoms with E-state index in [4.69, 9.17) is 10.5 Å². The average molecular weight is 418 g/mol. The number of nitrogens with zero attached hydrogens (tertiary/aromatic N) is 4. The molecule has 9 nitrogen and oxygen atoms in total. The fourth-order valence-electron chi connectivity index (χ4n) is 3.97. The highest BCUT2D eigenvalue weighted by atomic mass is 16.6. The molecule has 3 heterocycles. The number of aliphatic hydroxyl groups excluding tert-OH is 2. The fourth-order valence-corrected chi connectivity index (χ4v) is 3.97. The molecule has 3 atom stereocenters. The molecule has 9 heteroatoms. The summed E-state index contributed by atoms with van der Waals surface area (Å²) in [5, 5.41) is 23.5. The second kappa shape index (κ2) is 7.62. The van der Waals surface area contributed by atoms with Crippen LogP contribution in [0, 0.1) is 0 Å². The molecule has 1 aliphatic rings. The molecule has 0 saturated carbocycles. The summed E-state index contributed by atoms with van der Waals surface area (Å²) in [4.78, 5) is 12.6. The monoisotopic (exact) mass is 418 g/mol. The lowest BCUT2D eigenvalue weighted by molar-refractivity contribution is -0.0972. The normalized spacial score (nSPS) is 23.3. The van der Waals surface area contributed by atoms with Gasteiger partial charge in [0.2, 0.25) is 5.85 Å². The third-order valence-corrected chi connectivity index (χ3v) is 5.52. The van der Waals surface area contributed by atoms with Gasteiger partial charge in [0.15, 0.2) is 11.5 Å². The molecule has 0 amide bonds. The van der Waals surface area contributed by atoms with Crippen molar-refractivity contribution in [1.29, 1.82) is 0 Å². The summed E-state index contributed by atoms with van der Waals surface area (Å²) in [6.07, 6.45) is 1.44. The van der Waals surface area contributed by atoms with Crippen LogP contribution in [0.5, 0.6) is 0 Å². The Labute approximate surface area is 178 Å². The predicted octanol–water partition coefficient (Wildman–Crippen LogP) is 1.94. The first-order valence-electron chi connectivity index (χ1n) is 9.94. The molecule has 4 aromatic rings. The summed E-state index contributed by atoms with van der Waals surface area (Å²) in [5.74, 6) is -0.959. The van der Waals surface area contributed by atoms with Crippen LogP contribution in [0.2, 0.25) is 0 Å².